The minimum absolute atomic E-state index is 0.201. The Labute approximate surface area is 122 Å². The van der Waals surface area contributed by atoms with Crippen molar-refractivity contribution < 1.29 is 9.47 Å². The van der Waals surface area contributed by atoms with Gasteiger partial charge in [0.1, 0.15) is 6.10 Å². The van der Waals surface area contributed by atoms with Gasteiger partial charge in [0.05, 0.1) is 6.61 Å². The number of nitrogens with one attached hydrogen (secondary N) is 1. The Morgan fingerprint density at radius 3 is 2.55 bits per heavy atom. The number of benzene rings is 1. The van der Waals surface area contributed by atoms with Crippen molar-refractivity contribution in [1.82, 2.24) is 5.32 Å². The molecule has 3 atom stereocenters. The van der Waals surface area contributed by atoms with Crippen molar-refractivity contribution in [2.24, 2.45) is 5.41 Å². The predicted molar refractivity (Wildman–Crippen MR) is 82.5 cm³/mol. The van der Waals surface area contributed by atoms with Gasteiger partial charge in [0.25, 0.3) is 0 Å². The zero-order chi connectivity index (χ0) is 14.6. The fraction of sp³-hybridized carbons (Fsp3) is 0.647. The van der Waals surface area contributed by atoms with Crippen LogP contribution in [0.4, 0.5) is 0 Å². The van der Waals surface area contributed by atoms with Crippen molar-refractivity contribution in [2.45, 2.75) is 52.2 Å². The maximum Gasteiger partial charge on any atom is 0.161 e. The molecule has 0 radical (unpaired) electrons. The van der Waals surface area contributed by atoms with Crippen molar-refractivity contribution in [3.05, 3.63) is 24.3 Å². The molecule has 1 aromatic carbocycles. The van der Waals surface area contributed by atoms with Gasteiger partial charge in [0.2, 0.25) is 0 Å². The van der Waals surface area contributed by atoms with E-state index in [-0.39, 0.29) is 11.5 Å². The number of ether oxygens (including phenoxy) is 2. The monoisotopic (exact) mass is 277 g/mol. The van der Waals surface area contributed by atoms with Gasteiger partial charge in [-0.05, 0) is 32.0 Å². The van der Waals surface area contributed by atoms with Crippen LogP contribution in [0, 0.1) is 5.41 Å². The number of hydrogen-bond acceptors (Lipinski definition) is 3. The lowest BCUT2D eigenvalue weighted by Gasteiger charge is -2.53. The average molecular weight is 277 g/mol. The molecule has 3 heteroatoms. The lowest BCUT2D eigenvalue weighted by molar-refractivity contribution is -0.0687. The molecule has 2 rings (SSSR count). The molecule has 0 bridgehead atoms. The van der Waals surface area contributed by atoms with Crippen molar-refractivity contribution in [3.63, 3.8) is 0 Å². The van der Waals surface area contributed by atoms with E-state index in [2.05, 4.69) is 26.1 Å². The van der Waals surface area contributed by atoms with Gasteiger partial charge in [-0.25, -0.2) is 0 Å². The quantitative estimate of drug-likeness (QED) is 0.825. The molecular formula is C17H27NO2. The molecule has 1 aromatic rings. The summed E-state index contributed by atoms with van der Waals surface area (Å²) in [5.74, 6) is 1.74. The molecule has 0 spiro atoms. The van der Waals surface area contributed by atoms with Crippen molar-refractivity contribution in [2.75, 3.05) is 13.7 Å². The average Bonchev–Trinajstić information content (AvgIpc) is 2.48. The second-order valence-corrected chi connectivity index (χ2v) is 5.84. The summed E-state index contributed by atoms with van der Waals surface area (Å²) in [6, 6.07) is 8.54. The zero-order valence-electron chi connectivity index (χ0n) is 13.1. The topological polar surface area (TPSA) is 30.5 Å². The molecular weight excluding hydrogens is 250 g/mol. The second-order valence-electron chi connectivity index (χ2n) is 5.84. The summed E-state index contributed by atoms with van der Waals surface area (Å²) >= 11 is 0. The minimum atomic E-state index is 0.201. The van der Waals surface area contributed by atoms with Gasteiger partial charge in [-0.1, -0.05) is 32.9 Å². The molecule has 3 nitrogen and oxygen atoms in total. The molecule has 1 aliphatic rings. The molecule has 112 valence electrons. The Morgan fingerprint density at radius 2 is 1.95 bits per heavy atom. The summed E-state index contributed by atoms with van der Waals surface area (Å²) in [7, 11) is 2.03. The van der Waals surface area contributed by atoms with Gasteiger partial charge in [-0.3, -0.25) is 0 Å². The summed E-state index contributed by atoms with van der Waals surface area (Å²) in [6.07, 6.45) is 3.44. The molecule has 0 saturated heterocycles. The Hall–Kier alpha value is -1.22. The standard InChI is InChI=1S/C17H27NO2/c1-5-11-19-13-9-7-8-10-14(13)20-16-12-15(18-4)17(16,3)6-2/h7-10,15-16,18H,5-6,11-12H2,1-4H3. The number of para-hydroxylation sites is 2. The van der Waals surface area contributed by atoms with E-state index in [1.165, 1.54) is 0 Å². The van der Waals surface area contributed by atoms with Crippen molar-refractivity contribution in [1.29, 1.82) is 0 Å². The number of hydrogen-bond donors (Lipinski definition) is 1. The van der Waals surface area contributed by atoms with Crippen LogP contribution in [0.5, 0.6) is 11.5 Å². The zero-order valence-corrected chi connectivity index (χ0v) is 13.1. The smallest absolute Gasteiger partial charge is 0.161 e. The lowest BCUT2D eigenvalue weighted by Crippen LogP contribution is -2.62. The molecule has 1 saturated carbocycles. The Kier molecular flexibility index (Phi) is 4.92. The first-order valence-electron chi connectivity index (χ1n) is 7.71. The van der Waals surface area contributed by atoms with Crippen LogP contribution in [-0.2, 0) is 0 Å². The summed E-state index contributed by atoms with van der Waals surface area (Å²) in [5, 5.41) is 3.40. The number of rotatable bonds is 7. The molecule has 0 amide bonds. The van der Waals surface area contributed by atoms with E-state index in [1.54, 1.807) is 0 Å². The van der Waals surface area contributed by atoms with E-state index in [1.807, 2.05) is 31.3 Å². The molecule has 0 heterocycles. The second kappa shape index (κ2) is 6.49. The molecule has 0 aromatic heterocycles. The first-order valence-corrected chi connectivity index (χ1v) is 7.71. The first kappa shape index (κ1) is 15.2. The van der Waals surface area contributed by atoms with Crippen LogP contribution < -0.4 is 14.8 Å². The van der Waals surface area contributed by atoms with E-state index >= 15 is 0 Å². The maximum absolute atomic E-state index is 6.25. The fourth-order valence-corrected chi connectivity index (χ4v) is 2.95. The van der Waals surface area contributed by atoms with Crippen LogP contribution in [0.2, 0.25) is 0 Å². The summed E-state index contributed by atoms with van der Waals surface area (Å²) in [4.78, 5) is 0. The Bertz CT molecular complexity index is 435. The SMILES string of the molecule is CCCOc1ccccc1OC1CC(NC)C1(C)CC. The third-order valence-corrected chi connectivity index (χ3v) is 4.67. The molecule has 1 aliphatic carbocycles. The molecule has 3 unspecified atom stereocenters. The molecule has 1 fully saturated rings. The van der Waals surface area contributed by atoms with Crippen molar-refractivity contribution in [3.8, 4) is 11.5 Å². The van der Waals surface area contributed by atoms with E-state index < -0.39 is 0 Å². The van der Waals surface area contributed by atoms with E-state index in [0.29, 0.717) is 6.04 Å². The van der Waals surface area contributed by atoms with Crippen LogP contribution in [0.3, 0.4) is 0 Å². The predicted octanol–water partition coefficient (Wildman–Crippen LogP) is 3.63. The molecule has 20 heavy (non-hydrogen) atoms. The van der Waals surface area contributed by atoms with Gasteiger partial charge >= 0.3 is 0 Å². The van der Waals surface area contributed by atoms with Crippen molar-refractivity contribution >= 4 is 0 Å². The normalized spacial score (nSPS) is 28.8. The van der Waals surface area contributed by atoms with Gasteiger partial charge in [-0.2, -0.15) is 0 Å². The van der Waals surface area contributed by atoms with Gasteiger partial charge < -0.3 is 14.8 Å². The van der Waals surface area contributed by atoms with Crippen LogP contribution in [0.25, 0.3) is 0 Å². The fourth-order valence-electron chi connectivity index (χ4n) is 2.95. The maximum atomic E-state index is 6.25. The minimum Gasteiger partial charge on any atom is -0.490 e. The molecule has 0 aliphatic heterocycles. The molecule has 1 N–H and O–H groups in total. The highest BCUT2D eigenvalue weighted by molar-refractivity contribution is 5.40. The largest absolute Gasteiger partial charge is 0.490 e. The summed E-state index contributed by atoms with van der Waals surface area (Å²) in [5.41, 5.74) is 0.201. The van der Waals surface area contributed by atoms with Gasteiger partial charge in [0, 0.05) is 17.9 Å². The summed E-state index contributed by atoms with van der Waals surface area (Å²) in [6.45, 7) is 7.38. The van der Waals surface area contributed by atoms with Crippen LogP contribution in [0.15, 0.2) is 24.3 Å². The Morgan fingerprint density at radius 1 is 1.25 bits per heavy atom. The first-order chi connectivity index (χ1) is 9.65. The van der Waals surface area contributed by atoms with Crippen LogP contribution in [-0.4, -0.2) is 25.8 Å². The highest BCUT2D eigenvalue weighted by Gasteiger charge is 2.51. The Balaban J connectivity index is 2.07. The van der Waals surface area contributed by atoms with E-state index in [9.17, 15) is 0 Å². The highest BCUT2D eigenvalue weighted by Crippen LogP contribution is 2.46. The van der Waals surface area contributed by atoms with Gasteiger partial charge in [-0.15, -0.1) is 0 Å². The lowest BCUT2D eigenvalue weighted by atomic mass is 9.61. The van der Waals surface area contributed by atoms with Crippen LogP contribution >= 0.6 is 0 Å². The van der Waals surface area contributed by atoms with E-state index in [4.69, 9.17) is 9.47 Å². The van der Waals surface area contributed by atoms with Gasteiger partial charge in [0.15, 0.2) is 11.5 Å². The summed E-state index contributed by atoms with van der Waals surface area (Å²) < 4.78 is 12.0. The third-order valence-electron chi connectivity index (χ3n) is 4.67. The van der Waals surface area contributed by atoms with Crippen LogP contribution in [0.1, 0.15) is 40.0 Å². The van der Waals surface area contributed by atoms with E-state index in [0.717, 1.165) is 37.4 Å². The highest BCUT2D eigenvalue weighted by atomic mass is 16.5. The third kappa shape index (κ3) is 2.78.